The van der Waals surface area contributed by atoms with Crippen LogP contribution in [-0.4, -0.2) is 32.2 Å². The van der Waals surface area contributed by atoms with Gasteiger partial charge in [0, 0.05) is 17.7 Å². The van der Waals surface area contributed by atoms with Gasteiger partial charge in [-0.05, 0) is 20.3 Å². The van der Waals surface area contributed by atoms with Gasteiger partial charge in [0.05, 0.1) is 11.2 Å². The highest BCUT2D eigenvalue weighted by Gasteiger charge is 2.53. The lowest BCUT2D eigenvalue weighted by Gasteiger charge is -2.31. The van der Waals surface area contributed by atoms with Crippen LogP contribution in [0.4, 0.5) is 0 Å². The zero-order chi connectivity index (χ0) is 18.4. The molecule has 0 radical (unpaired) electrons. The van der Waals surface area contributed by atoms with Gasteiger partial charge in [0.25, 0.3) is 5.56 Å². The number of aromatic amines is 1. The van der Waals surface area contributed by atoms with Crippen LogP contribution in [-0.2, 0) is 4.57 Å². The van der Waals surface area contributed by atoms with E-state index >= 15 is 0 Å². The molecule has 1 saturated heterocycles. The third kappa shape index (κ3) is 2.83. The minimum atomic E-state index is -3.19. The van der Waals surface area contributed by atoms with E-state index in [1.807, 2.05) is 0 Å². The molecule has 0 bridgehead atoms. The molecule has 0 aliphatic carbocycles. The summed E-state index contributed by atoms with van der Waals surface area (Å²) in [6.07, 6.45) is 1.59. The lowest BCUT2D eigenvalue weighted by molar-refractivity contribution is 0.0397. The smallest absolute Gasteiger partial charge is 0.329 e. The minimum Gasteiger partial charge on any atom is -0.387 e. The molecule has 0 unspecified atom stereocenters. The number of hydrogen-bond acceptors (Lipinski definition) is 5. The van der Waals surface area contributed by atoms with Gasteiger partial charge in [-0.15, -0.1) is 0 Å². The molecule has 1 aliphatic rings. The first-order chi connectivity index (χ1) is 11.7. The monoisotopic (exact) mass is 362 g/mol. The first-order valence-corrected chi connectivity index (χ1v) is 9.86. The Kier molecular flexibility index (Phi) is 4.17. The summed E-state index contributed by atoms with van der Waals surface area (Å²) in [7, 11) is -3.19. The van der Waals surface area contributed by atoms with Crippen molar-refractivity contribution in [3.05, 3.63) is 62.9 Å². The number of aliphatic hydroxyl groups is 1. The molecule has 1 aromatic heterocycles. The van der Waals surface area contributed by atoms with Crippen LogP contribution in [0.1, 0.15) is 36.4 Å². The number of carbonyl (C=O) groups is 1. The third-order valence-corrected chi connectivity index (χ3v) is 8.36. The van der Waals surface area contributed by atoms with Gasteiger partial charge >= 0.3 is 5.69 Å². The van der Waals surface area contributed by atoms with E-state index < -0.39 is 35.6 Å². The number of rotatable bonds is 3. The van der Waals surface area contributed by atoms with Gasteiger partial charge < -0.3 is 9.67 Å². The molecule has 2 aromatic rings. The zero-order valence-corrected chi connectivity index (χ0v) is 14.8. The molecule has 3 rings (SSSR count). The summed E-state index contributed by atoms with van der Waals surface area (Å²) >= 11 is 0. The van der Waals surface area contributed by atoms with Crippen molar-refractivity contribution in [2.45, 2.75) is 31.7 Å². The van der Waals surface area contributed by atoms with Crippen LogP contribution in [0, 0.1) is 0 Å². The number of nitrogens with one attached hydrogen (secondary N) is 1. The van der Waals surface area contributed by atoms with Crippen LogP contribution in [0.25, 0.3) is 0 Å². The molecular weight excluding hydrogens is 343 g/mol. The van der Waals surface area contributed by atoms with E-state index in [-0.39, 0.29) is 18.1 Å². The second kappa shape index (κ2) is 5.93. The third-order valence-electron chi connectivity index (χ3n) is 4.71. The van der Waals surface area contributed by atoms with E-state index in [4.69, 9.17) is 0 Å². The van der Waals surface area contributed by atoms with Crippen molar-refractivity contribution in [1.29, 1.82) is 0 Å². The van der Waals surface area contributed by atoms with Crippen molar-refractivity contribution in [3.63, 3.8) is 0 Å². The number of carbonyl (C=O) groups excluding carboxylic acids is 1. The molecule has 0 spiro atoms. The minimum absolute atomic E-state index is 0.207. The predicted octanol–water partition coefficient (Wildman–Crippen LogP) is 1.08. The molecular formula is C17H19N2O5P. The fraction of sp³-hybridized carbons (Fsp3) is 0.353. The van der Waals surface area contributed by atoms with Crippen LogP contribution in [0.2, 0.25) is 0 Å². The van der Waals surface area contributed by atoms with Crippen molar-refractivity contribution < 1.29 is 14.5 Å². The normalized spacial score (nSPS) is 28.8. The highest BCUT2D eigenvalue weighted by molar-refractivity contribution is 7.72. The Hall–Kier alpha value is -2.24. The number of aromatic nitrogens is 2. The fourth-order valence-electron chi connectivity index (χ4n) is 3.46. The SMILES string of the molecule is CC(=O)c1cn([C@H]2[C@](C)(O)CC[P@@]2(=O)c2ccccc2)c(=O)[nH]c1=O. The Balaban J connectivity index is 2.28. The quantitative estimate of drug-likeness (QED) is 0.627. The Morgan fingerprint density at radius 1 is 1.32 bits per heavy atom. The highest BCUT2D eigenvalue weighted by Crippen LogP contribution is 2.66. The molecule has 3 atom stereocenters. The standard InChI is InChI=1S/C17H19N2O5P/c1-11(20)13-10-19(16(22)18-14(13)21)15-17(2,23)8-9-25(15,24)12-6-4-3-5-7-12/h3-7,10,15,23H,8-9H2,1-2H3,(H,18,21,22)/t15-,17-,25-/m1/s1. The number of ketones is 1. The fourth-order valence-corrected chi connectivity index (χ4v) is 7.31. The van der Waals surface area contributed by atoms with Crippen molar-refractivity contribution in [2.24, 2.45) is 0 Å². The molecule has 132 valence electrons. The van der Waals surface area contributed by atoms with Crippen LogP contribution < -0.4 is 16.6 Å². The van der Waals surface area contributed by atoms with E-state index in [2.05, 4.69) is 4.98 Å². The summed E-state index contributed by atoms with van der Waals surface area (Å²) in [4.78, 5) is 38.0. The summed E-state index contributed by atoms with van der Waals surface area (Å²) in [6, 6.07) is 8.69. The lowest BCUT2D eigenvalue weighted by Crippen LogP contribution is -2.41. The summed E-state index contributed by atoms with van der Waals surface area (Å²) < 4.78 is 14.8. The Labute approximate surface area is 143 Å². The number of benzene rings is 1. The number of H-pyrrole nitrogens is 1. The molecule has 1 fully saturated rings. The van der Waals surface area contributed by atoms with Crippen LogP contribution in [0.15, 0.2) is 46.1 Å². The van der Waals surface area contributed by atoms with Crippen molar-refractivity contribution in [1.82, 2.24) is 9.55 Å². The molecule has 2 heterocycles. The van der Waals surface area contributed by atoms with Crippen molar-refractivity contribution in [3.8, 4) is 0 Å². The Bertz CT molecular complexity index is 990. The second-order valence-corrected chi connectivity index (χ2v) is 9.65. The molecule has 8 heteroatoms. The second-order valence-electron chi connectivity index (χ2n) is 6.60. The molecule has 0 saturated carbocycles. The summed E-state index contributed by atoms with van der Waals surface area (Å²) in [5.74, 6) is -1.56. The lowest BCUT2D eigenvalue weighted by atomic mass is 10.0. The first kappa shape index (κ1) is 17.6. The van der Waals surface area contributed by atoms with Gasteiger partial charge in [-0.3, -0.25) is 19.1 Å². The van der Waals surface area contributed by atoms with Gasteiger partial charge in [-0.1, -0.05) is 30.3 Å². The number of Topliss-reactive ketones (excluding diaryl/α,β-unsaturated/α-hetero) is 1. The largest absolute Gasteiger partial charge is 0.387 e. The topological polar surface area (TPSA) is 109 Å². The van der Waals surface area contributed by atoms with Gasteiger partial charge in [-0.25, -0.2) is 4.79 Å². The van der Waals surface area contributed by atoms with E-state index in [1.165, 1.54) is 13.8 Å². The maximum absolute atomic E-state index is 13.8. The van der Waals surface area contributed by atoms with Gasteiger partial charge in [0.15, 0.2) is 5.78 Å². The van der Waals surface area contributed by atoms with E-state index in [0.29, 0.717) is 5.30 Å². The van der Waals surface area contributed by atoms with Crippen LogP contribution >= 0.6 is 7.14 Å². The summed E-state index contributed by atoms with van der Waals surface area (Å²) in [5, 5.41) is 11.4. The molecule has 7 nitrogen and oxygen atoms in total. The predicted molar refractivity (Wildman–Crippen MR) is 94.2 cm³/mol. The molecule has 2 N–H and O–H groups in total. The molecule has 25 heavy (non-hydrogen) atoms. The van der Waals surface area contributed by atoms with Crippen molar-refractivity contribution >= 4 is 18.2 Å². The average Bonchev–Trinajstić information content (AvgIpc) is 2.80. The number of nitrogens with zero attached hydrogens (tertiary/aromatic N) is 1. The first-order valence-electron chi connectivity index (χ1n) is 7.90. The van der Waals surface area contributed by atoms with E-state index in [9.17, 15) is 24.1 Å². The Morgan fingerprint density at radius 3 is 2.56 bits per heavy atom. The maximum atomic E-state index is 13.8. The highest BCUT2D eigenvalue weighted by atomic mass is 31.2. The molecule has 0 amide bonds. The average molecular weight is 362 g/mol. The van der Waals surface area contributed by atoms with Crippen LogP contribution in [0.3, 0.4) is 0 Å². The van der Waals surface area contributed by atoms with E-state index in [1.54, 1.807) is 30.3 Å². The van der Waals surface area contributed by atoms with E-state index in [0.717, 1.165) is 10.8 Å². The van der Waals surface area contributed by atoms with Gasteiger partial charge in [0.2, 0.25) is 0 Å². The molecule has 1 aliphatic heterocycles. The molecule has 1 aromatic carbocycles. The summed E-state index contributed by atoms with van der Waals surface area (Å²) in [5.41, 5.74) is -3.21. The summed E-state index contributed by atoms with van der Waals surface area (Å²) in [6.45, 7) is 2.73. The van der Waals surface area contributed by atoms with Crippen LogP contribution in [0.5, 0.6) is 0 Å². The Morgan fingerprint density at radius 2 is 1.96 bits per heavy atom. The zero-order valence-electron chi connectivity index (χ0n) is 13.9. The maximum Gasteiger partial charge on any atom is 0.329 e. The van der Waals surface area contributed by atoms with Gasteiger partial charge in [0.1, 0.15) is 12.9 Å². The number of hydrogen-bond donors (Lipinski definition) is 2. The van der Waals surface area contributed by atoms with Gasteiger partial charge in [-0.2, -0.15) is 0 Å². The van der Waals surface area contributed by atoms with Crippen molar-refractivity contribution in [2.75, 3.05) is 6.16 Å².